The Hall–Kier alpha value is -5.98. The molecule has 4 N–H and O–H groups in total. The highest BCUT2D eigenvalue weighted by atomic mass is 32.2. The van der Waals surface area contributed by atoms with Crippen LogP contribution in [-0.4, -0.2) is 81.9 Å². The highest BCUT2D eigenvalue weighted by molar-refractivity contribution is 7.86. The molecule has 6 aromatic carbocycles. The van der Waals surface area contributed by atoms with Crippen LogP contribution in [0.4, 0.5) is 0 Å². The van der Waals surface area contributed by atoms with E-state index >= 15 is 0 Å². The molecule has 18 nitrogen and oxygen atoms in total. The summed E-state index contributed by atoms with van der Waals surface area (Å²) in [5.41, 5.74) is 1.35. The smallest absolute Gasteiger partial charge is 0.282 e. The molecule has 22 heteroatoms. The van der Waals surface area contributed by atoms with Crippen LogP contribution in [0.3, 0.4) is 0 Å². The third-order valence-electron chi connectivity index (χ3n) is 8.67. The van der Waals surface area contributed by atoms with E-state index in [1.54, 1.807) is 12.1 Å². The van der Waals surface area contributed by atoms with Crippen LogP contribution in [-0.2, 0) is 40.5 Å². The summed E-state index contributed by atoms with van der Waals surface area (Å²) in [6, 6.07) is 21.8. The van der Waals surface area contributed by atoms with Crippen molar-refractivity contribution in [2.45, 2.75) is 19.6 Å². The van der Waals surface area contributed by atoms with E-state index in [0.717, 1.165) is 21.7 Å². The Morgan fingerprint density at radius 1 is 0.393 bits per heavy atom. The van der Waals surface area contributed by atoms with Crippen LogP contribution < -0.4 is 0 Å². The SMILES string of the molecule is O=S(=O)(O)c1ccc2cc3nn(-c4ccc(/C=C/c5ccc(-n6nc7cc8ccc(S(=O)(=O)O)cc8cc7n6)cc5S(=O)(=O)O)c(S(=O)(=O)O)c4)nc3cc2c1. The van der Waals surface area contributed by atoms with Gasteiger partial charge in [0.25, 0.3) is 40.5 Å². The Balaban J connectivity index is 1.14. The summed E-state index contributed by atoms with van der Waals surface area (Å²) < 4.78 is 136. The number of benzene rings is 6. The zero-order valence-corrected chi connectivity index (χ0v) is 31.0. The van der Waals surface area contributed by atoms with Crippen molar-refractivity contribution >= 4 is 96.2 Å². The Labute approximate surface area is 315 Å². The normalized spacial score (nSPS) is 13.1. The van der Waals surface area contributed by atoms with Gasteiger partial charge >= 0.3 is 0 Å². The van der Waals surface area contributed by atoms with Gasteiger partial charge in [0.05, 0.1) is 21.2 Å². The molecule has 8 rings (SSSR count). The zero-order valence-electron chi connectivity index (χ0n) is 27.8. The Kier molecular flexibility index (Phi) is 8.44. The lowest BCUT2D eigenvalue weighted by Gasteiger charge is -2.08. The molecule has 0 fully saturated rings. The second kappa shape index (κ2) is 12.8. The minimum Gasteiger partial charge on any atom is -0.282 e. The summed E-state index contributed by atoms with van der Waals surface area (Å²) in [6.45, 7) is 0. The van der Waals surface area contributed by atoms with E-state index in [2.05, 4.69) is 20.4 Å². The van der Waals surface area contributed by atoms with Crippen molar-refractivity contribution in [1.29, 1.82) is 0 Å². The van der Waals surface area contributed by atoms with Crippen molar-refractivity contribution in [3.05, 3.63) is 108 Å². The third-order valence-corrected chi connectivity index (χ3v) is 12.2. The molecule has 284 valence electrons. The molecule has 8 aromatic rings. The van der Waals surface area contributed by atoms with Crippen LogP contribution in [0.15, 0.2) is 117 Å². The van der Waals surface area contributed by atoms with Crippen LogP contribution in [0.2, 0.25) is 0 Å². The van der Waals surface area contributed by atoms with E-state index in [-0.39, 0.29) is 32.3 Å². The third kappa shape index (κ3) is 7.02. The molecule has 0 saturated heterocycles. The number of nitrogens with zero attached hydrogens (tertiary/aromatic N) is 6. The molecule has 0 radical (unpaired) electrons. The largest absolute Gasteiger partial charge is 0.295 e. The first-order valence-electron chi connectivity index (χ1n) is 15.7. The highest BCUT2D eigenvalue weighted by Crippen LogP contribution is 2.29. The van der Waals surface area contributed by atoms with E-state index in [9.17, 15) is 51.9 Å². The van der Waals surface area contributed by atoms with Crippen molar-refractivity contribution in [2.24, 2.45) is 0 Å². The number of aromatic nitrogens is 6. The highest BCUT2D eigenvalue weighted by Gasteiger charge is 2.20. The standard InChI is InChI=1S/C34H22N6O12S4/c41-53(42,43)27-9-5-21-13-29-31(15-23(21)11-27)37-39(35-29)25-7-3-19(33(17-25)55(47,48)49)1-2-20-4-8-26(18-34(20)56(50,51)52)40-36-30-14-22-6-10-28(54(44,45)46)12-24(22)16-32(30)38-40/h1-18H,(H,41,42,43)(H,44,45,46)(H,47,48,49)(H,50,51,52)/b2-1+. The van der Waals surface area contributed by atoms with Crippen molar-refractivity contribution < 1.29 is 51.9 Å². The summed E-state index contributed by atoms with van der Waals surface area (Å²) in [5.74, 6) is 0. The fourth-order valence-corrected chi connectivity index (χ4v) is 8.46. The van der Waals surface area contributed by atoms with Gasteiger partial charge in [0.1, 0.15) is 31.9 Å². The van der Waals surface area contributed by atoms with E-state index in [1.807, 2.05) is 0 Å². The molecule has 0 unspecified atom stereocenters. The van der Waals surface area contributed by atoms with Gasteiger partial charge in [0.2, 0.25) is 0 Å². The van der Waals surface area contributed by atoms with Crippen molar-refractivity contribution in [1.82, 2.24) is 30.0 Å². The maximum Gasteiger partial charge on any atom is 0.295 e. The van der Waals surface area contributed by atoms with E-state index in [4.69, 9.17) is 0 Å². The molecule has 2 heterocycles. The second-order valence-electron chi connectivity index (χ2n) is 12.4. The number of rotatable bonds is 8. The number of hydrogen-bond donors (Lipinski definition) is 4. The predicted molar refractivity (Wildman–Crippen MR) is 201 cm³/mol. The molecule has 0 aliphatic carbocycles. The van der Waals surface area contributed by atoms with Crippen LogP contribution >= 0.6 is 0 Å². The summed E-state index contributed by atoms with van der Waals surface area (Å²) >= 11 is 0. The Morgan fingerprint density at radius 3 is 1.05 bits per heavy atom. The van der Waals surface area contributed by atoms with Gasteiger partial charge in [-0.15, -0.1) is 20.4 Å². The van der Waals surface area contributed by atoms with Gasteiger partial charge in [0, 0.05) is 0 Å². The molecule has 0 saturated carbocycles. The van der Waals surface area contributed by atoms with E-state index in [1.165, 1.54) is 84.9 Å². The summed E-state index contributed by atoms with van der Waals surface area (Å²) in [4.78, 5) is 0.359. The quantitative estimate of drug-likeness (QED) is 0.120. The zero-order chi connectivity index (χ0) is 39.9. The number of hydrogen-bond acceptors (Lipinski definition) is 12. The molecule has 0 aliphatic heterocycles. The lowest BCUT2D eigenvalue weighted by Crippen LogP contribution is -2.06. The lowest BCUT2D eigenvalue weighted by atomic mass is 10.1. The van der Waals surface area contributed by atoms with Crippen LogP contribution in [0.5, 0.6) is 0 Å². The van der Waals surface area contributed by atoms with Crippen LogP contribution in [0.1, 0.15) is 11.1 Å². The summed E-state index contributed by atoms with van der Waals surface area (Å²) in [6.07, 6.45) is 2.41. The molecule has 0 atom stereocenters. The van der Waals surface area contributed by atoms with Gasteiger partial charge in [0.15, 0.2) is 0 Å². The molecular weight excluding hydrogens is 813 g/mol. The van der Waals surface area contributed by atoms with Crippen LogP contribution in [0, 0.1) is 0 Å². The molecule has 0 spiro atoms. The van der Waals surface area contributed by atoms with Gasteiger partial charge in [-0.05, 0) is 105 Å². The Bertz CT molecular complexity index is 3260. The first-order valence-corrected chi connectivity index (χ1v) is 21.5. The van der Waals surface area contributed by atoms with E-state index < -0.39 is 50.3 Å². The Morgan fingerprint density at radius 2 is 0.732 bits per heavy atom. The van der Waals surface area contributed by atoms with E-state index in [0.29, 0.717) is 43.6 Å². The number of fused-ring (bicyclic) bond motifs is 4. The molecule has 0 amide bonds. The molecule has 0 bridgehead atoms. The lowest BCUT2D eigenvalue weighted by molar-refractivity contribution is 0.480. The van der Waals surface area contributed by atoms with Crippen LogP contribution in [0.25, 0.3) is 67.1 Å². The van der Waals surface area contributed by atoms with Gasteiger partial charge in [-0.1, -0.05) is 36.4 Å². The molecule has 2 aromatic heterocycles. The first kappa shape index (κ1) is 37.0. The first-order chi connectivity index (χ1) is 26.2. The minimum atomic E-state index is -4.90. The molecule has 56 heavy (non-hydrogen) atoms. The van der Waals surface area contributed by atoms with Gasteiger partial charge in [-0.2, -0.15) is 43.3 Å². The maximum absolute atomic E-state index is 12.5. The monoisotopic (exact) mass is 834 g/mol. The van der Waals surface area contributed by atoms with Gasteiger partial charge in [-0.3, -0.25) is 18.2 Å². The van der Waals surface area contributed by atoms with Crippen molar-refractivity contribution in [3.8, 4) is 11.4 Å². The summed E-state index contributed by atoms with van der Waals surface area (Å²) in [7, 11) is -18.7. The van der Waals surface area contributed by atoms with Gasteiger partial charge < -0.3 is 0 Å². The average Bonchev–Trinajstić information content (AvgIpc) is 3.73. The second-order valence-corrected chi connectivity index (χ2v) is 18.0. The minimum absolute atomic E-state index is 0.0778. The topological polar surface area (TPSA) is 279 Å². The fourth-order valence-electron chi connectivity index (χ4n) is 6.03. The fraction of sp³-hybridized carbons (Fsp3) is 0. The maximum atomic E-state index is 12.5. The van der Waals surface area contributed by atoms with Gasteiger partial charge in [-0.25, -0.2) is 0 Å². The average molecular weight is 835 g/mol. The molecular formula is C34H22N6O12S4. The molecule has 0 aliphatic rings. The van der Waals surface area contributed by atoms with Crippen molar-refractivity contribution in [2.75, 3.05) is 0 Å². The summed E-state index contributed by atoms with van der Waals surface area (Å²) in [5, 5.41) is 19.4. The van der Waals surface area contributed by atoms with Crippen molar-refractivity contribution in [3.63, 3.8) is 0 Å². The predicted octanol–water partition coefficient (Wildman–Crippen LogP) is 4.62.